The third kappa shape index (κ3) is 2.68. The van der Waals surface area contributed by atoms with E-state index in [1.165, 1.54) is 0 Å². The SMILES string of the molecule is c1ccc(NC[C@@H]2CO[C@H]3CN(c4ccc5nncn5n4)C[C@@H]23)nc1. The van der Waals surface area contributed by atoms with Gasteiger partial charge in [-0.25, -0.2) is 4.98 Å². The first-order chi connectivity index (χ1) is 12.4. The Labute approximate surface area is 144 Å². The summed E-state index contributed by atoms with van der Waals surface area (Å²) in [7, 11) is 0. The Morgan fingerprint density at radius 1 is 1.20 bits per heavy atom. The van der Waals surface area contributed by atoms with E-state index in [1.807, 2.05) is 30.3 Å². The van der Waals surface area contributed by atoms with Gasteiger partial charge in [-0.05, 0) is 24.3 Å². The van der Waals surface area contributed by atoms with Gasteiger partial charge in [0.25, 0.3) is 0 Å². The van der Waals surface area contributed by atoms with Crippen LogP contribution in [0.3, 0.4) is 0 Å². The monoisotopic (exact) mass is 337 g/mol. The number of rotatable bonds is 4. The summed E-state index contributed by atoms with van der Waals surface area (Å²) < 4.78 is 7.75. The summed E-state index contributed by atoms with van der Waals surface area (Å²) in [5.41, 5.74) is 0.761. The quantitative estimate of drug-likeness (QED) is 0.763. The highest BCUT2D eigenvalue weighted by Gasteiger charge is 2.44. The third-order valence-electron chi connectivity index (χ3n) is 5.12. The maximum atomic E-state index is 6.04. The van der Waals surface area contributed by atoms with Crippen LogP contribution in [0.25, 0.3) is 5.65 Å². The molecule has 2 aliphatic rings. The van der Waals surface area contributed by atoms with Crippen LogP contribution in [-0.4, -0.2) is 57.1 Å². The van der Waals surface area contributed by atoms with Gasteiger partial charge in [0.05, 0.1) is 12.7 Å². The molecular formula is C17H19N7O. The lowest BCUT2D eigenvalue weighted by molar-refractivity contribution is 0.111. The molecule has 0 aliphatic carbocycles. The molecular weight excluding hydrogens is 318 g/mol. The largest absolute Gasteiger partial charge is 0.376 e. The Kier molecular flexibility index (Phi) is 3.48. The van der Waals surface area contributed by atoms with Crippen molar-refractivity contribution in [3.8, 4) is 0 Å². The predicted octanol–water partition coefficient (Wildman–Crippen LogP) is 1.08. The van der Waals surface area contributed by atoms with Crippen molar-refractivity contribution < 1.29 is 4.74 Å². The molecule has 0 radical (unpaired) electrons. The van der Waals surface area contributed by atoms with Gasteiger partial charge < -0.3 is 15.0 Å². The second-order valence-electron chi connectivity index (χ2n) is 6.62. The minimum atomic E-state index is 0.272. The van der Waals surface area contributed by atoms with Crippen molar-refractivity contribution in [3.63, 3.8) is 0 Å². The van der Waals surface area contributed by atoms with Crippen LogP contribution in [0.2, 0.25) is 0 Å². The summed E-state index contributed by atoms with van der Waals surface area (Å²) in [6.07, 6.45) is 3.71. The van der Waals surface area contributed by atoms with Crippen LogP contribution in [0, 0.1) is 11.8 Å². The average Bonchev–Trinajstić information content (AvgIpc) is 3.36. The number of nitrogens with zero attached hydrogens (tertiary/aromatic N) is 6. The third-order valence-corrected chi connectivity index (χ3v) is 5.12. The van der Waals surface area contributed by atoms with Gasteiger partial charge in [0.15, 0.2) is 5.65 Å². The molecule has 0 unspecified atom stereocenters. The van der Waals surface area contributed by atoms with E-state index in [0.717, 1.165) is 43.5 Å². The number of pyridine rings is 1. The van der Waals surface area contributed by atoms with E-state index in [-0.39, 0.29) is 6.10 Å². The van der Waals surface area contributed by atoms with Gasteiger partial charge in [0.2, 0.25) is 0 Å². The van der Waals surface area contributed by atoms with Crippen LogP contribution in [0.4, 0.5) is 11.6 Å². The summed E-state index contributed by atoms with van der Waals surface area (Å²) in [5, 5.41) is 15.9. The van der Waals surface area contributed by atoms with Gasteiger partial charge >= 0.3 is 0 Å². The van der Waals surface area contributed by atoms with E-state index >= 15 is 0 Å². The minimum absolute atomic E-state index is 0.272. The first-order valence-corrected chi connectivity index (χ1v) is 8.55. The fourth-order valence-corrected chi connectivity index (χ4v) is 3.79. The maximum absolute atomic E-state index is 6.04. The van der Waals surface area contributed by atoms with Gasteiger partial charge in [0, 0.05) is 37.7 Å². The van der Waals surface area contributed by atoms with E-state index in [2.05, 4.69) is 30.5 Å². The van der Waals surface area contributed by atoms with E-state index in [0.29, 0.717) is 11.8 Å². The van der Waals surface area contributed by atoms with Crippen molar-refractivity contribution in [3.05, 3.63) is 42.9 Å². The molecule has 3 atom stereocenters. The molecule has 0 spiro atoms. The number of nitrogens with one attached hydrogen (secondary N) is 1. The maximum Gasteiger partial charge on any atom is 0.177 e. The Morgan fingerprint density at radius 3 is 3.12 bits per heavy atom. The summed E-state index contributed by atoms with van der Waals surface area (Å²) in [6, 6.07) is 9.87. The van der Waals surface area contributed by atoms with Crippen LogP contribution in [0.5, 0.6) is 0 Å². The number of fused-ring (bicyclic) bond motifs is 2. The lowest BCUT2D eigenvalue weighted by Crippen LogP contribution is -2.28. The molecule has 0 bridgehead atoms. The van der Waals surface area contributed by atoms with E-state index in [4.69, 9.17) is 4.74 Å². The summed E-state index contributed by atoms with van der Waals surface area (Å²) in [5.74, 6) is 2.85. The lowest BCUT2D eigenvalue weighted by Gasteiger charge is -2.20. The Balaban J connectivity index is 1.27. The molecule has 3 aromatic heterocycles. The molecule has 128 valence electrons. The second-order valence-corrected chi connectivity index (χ2v) is 6.62. The van der Waals surface area contributed by atoms with Crippen molar-refractivity contribution in [2.75, 3.05) is 36.5 Å². The van der Waals surface area contributed by atoms with Crippen LogP contribution in [-0.2, 0) is 4.74 Å². The van der Waals surface area contributed by atoms with Crippen molar-refractivity contribution in [2.45, 2.75) is 6.10 Å². The number of hydrogen-bond acceptors (Lipinski definition) is 7. The van der Waals surface area contributed by atoms with Crippen molar-refractivity contribution >= 4 is 17.3 Å². The Morgan fingerprint density at radius 2 is 2.20 bits per heavy atom. The van der Waals surface area contributed by atoms with Crippen molar-refractivity contribution in [1.82, 2.24) is 24.8 Å². The molecule has 8 heteroatoms. The number of ether oxygens (including phenoxy) is 1. The first kappa shape index (κ1) is 14.6. The predicted molar refractivity (Wildman–Crippen MR) is 92.4 cm³/mol. The standard InChI is InChI=1S/C17H19N7O/c1-2-6-18-15(3-1)19-7-12-10-25-14-9-23(8-13(12)14)17-5-4-16-21-20-11-24(16)22-17/h1-6,11-14H,7-10H2,(H,18,19)/t12-,13+,14+/m1/s1. The normalized spacial score (nSPS) is 25.4. The fourth-order valence-electron chi connectivity index (χ4n) is 3.79. The first-order valence-electron chi connectivity index (χ1n) is 8.55. The highest BCUT2D eigenvalue weighted by molar-refractivity contribution is 5.46. The van der Waals surface area contributed by atoms with Gasteiger partial charge in [-0.3, -0.25) is 0 Å². The van der Waals surface area contributed by atoms with E-state index in [9.17, 15) is 0 Å². The Hall–Kier alpha value is -2.74. The molecule has 25 heavy (non-hydrogen) atoms. The molecule has 5 heterocycles. The smallest absolute Gasteiger partial charge is 0.177 e. The highest BCUT2D eigenvalue weighted by atomic mass is 16.5. The van der Waals surface area contributed by atoms with E-state index in [1.54, 1.807) is 17.0 Å². The zero-order valence-corrected chi connectivity index (χ0v) is 13.7. The van der Waals surface area contributed by atoms with Gasteiger partial charge in [-0.2, -0.15) is 4.52 Å². The molecule has 1 N–H and O–H groups in total. The molecule has 2 saturated heterocycles. The molecule has 0 aromatic carbocycles. The van der Waals surface area contributed by atoms with Crippen LogP contribution < -0.4 is 10.2 Å². The summed E-state index contributed by atoms with van der Waals surface area (Å²) in [6.45, 7) is 3.52. The Bertz CT molecular complexity index is 868. The van der Waals surface area contributed by atoms with Crippen molar-refractivity contribution in [2.24, 2.45) is 11.8 Å². The number of aromatic nitrogens is 5. The van der Waals surface area contributed by atoms with Gasteiger partial charge in [0.1, 0.15) is 18.0 Å². The molecule has 0 saturated carbocycles. The highest BCUT2D eigenvalue weighted by Crippen LogP contribution is 2.35. The second kappa shape index (κ2) is 5.96. The average molecular weight is 337 g/mol. The molecule has 5 rings (SSSR count). The molecule has 8 nitrogen and oxygen atoms in total. The lowest BCUT2D eigenvalue weighted by atomic mass is 9.93. The van der Waals surface area contributed by atoms with Crippen LogP contribution >= 0.6 is 0 Å². The topological polar surface area (TPSA) is 80.5 Å². The summed E-state index contributed by atoms with van der Waals surface area (Å²) >= 11 is 0. The molecule has 0 amide bonds. The number of anilines is 2. The zero-order chi connectivity index (χ0) is 16.6. The molecule has 2 fully saturated rings. The van der Waals surface area contributed by atoms with Crippen LogP contribution in [0.15, 0.2) is 42.9 Å². The van der Waals surface area contributed by atoms with E-state index < -0.39 is 0 Å². The minimum Gasteiger partial charge on any atom is -0.376 e. The van der Waals surface area contributed by atoms with Crippen LogP contribution in [0.1, 0.15) is 0 Å². The van der Waals surface area contributed by atoms with Gasteiger partial charge in [-0.1, -0.05) is 6.07 Å². The van der Waals surface area contributed by atoms with Crippen molar-refractivity contribution in [1.29, 1.82) is 0 Å². The molecule has 2 aliphatic heterocycles. The zero-order valence-electron chi connectivity index (χ0n) is 13.7. The molecule has 3 aromatic rings. The fraction of sp³-hybridized carbons (Fsp3) is 0.412. The van der Waals surface area contributed by atoms with Gasteiger partial charge in [-0.15, -0.1) is 15.3 Å². The number of hydrogen-bond donors (Lipinski definition) is 1. The summed E-state index contributed by atoms with van der Waals surface area (Å²) in [4.78, 5) is 6.62.